The lowest BCUT2D eigenvalue weighted by atomic mass is 10.3. The molecular formula is C14H20FIN6S. The number of guanidine groups is 1. The van der Waals surface area contributed by atoms with E-state index in [-0.39, 0.29) is 29.8 Å². The first-order chi connectivity index (χ1) is 10.7. The Hall–Kier alpha value is -1.36. The number of halogens is 2. The minimum atomic E-state index is -0.183. The zero-order chi connectivity index (χ0) is 15.8. The molecule has 0 saturated heterocycles. The summed E-state index contributed by atoms with van der Waals surface area (Å²) < 4.78 is 15.2. The molecule has 2 aromatic rings. The van der Waals surface area contributed by atoms with Crippen LogP contribution in [0.25, 0.3) is 0 Å². The van der Waals surface area contributed by atoms with Crippen molar-refractivity contribution in [2.45, 2.75) is 11.4 Å². The van der Waals surface area contributed by atoms with Crippen molar-refractivity contribution in [3.05, 3.63) is 42.2 Å². The van der Waals surface area contributed by atoms with Crippen LogP contribution in [-0.4, -0.2) is 40.1 Å². The lowest BCUT2D eigenvalue weighted by Crippen LogP contribution is -2.38. The van der Waals surface area contributed by atoms with Crippen molar-refractivity contribution in [2.75, 3.05) is 19.3 Å². The molecule has 1 heterocycles. The van der Waals surface area contributed by atoms with Crippen molar-refractivity contribution in [2.24, 2.45) is 12.0 Å². The molecule has 0 aliphatic heterocycles. The summed E-state index contributed by atoms with van der Waals surface area (Å²) in [5.41, 5.74) is 0. The summed E-state index contributed by atoms with van der Waals surface area (Å²) in [5.74, 6) is 2.06. The fraction of sp³-hybridized carbons (Fsp3) is 0.357. The van der Waals surface area contributed by atoms with Crippen LogP contribution in [0, 0.1) is 5.82 Å². The van der Waals surface area contributed by atoms with E-state index < -0.39 is 0 Å². The number of benzene rings is 1. The van der Waals surface area contributed by atoms with Crippen molar-refractivity contribution in [3.63, 3.8) is 0 Å². The molecule has 0 amide bonds. The minimum absolute atomic E-state index is 0. The van der Waals surface area contributed by atoms with E-state index >= 15 is 0 Å². The second-order valence-electron chi connectivity index (χ2n) is 4.43. The van der Waals surface area contributed by atoms with Crippen LogP contribution in [0.15, 0.2) is 40.5 Å². The molecule has 0 radical (unpaired) electrons. The summed E-state index contributed by atoms with van der Waals surface area (Å²) in [7, 11) is 3.54. The molecule has 9 heteroatoms. The predicted molar refractivity (Wildman–Crippen MR) is 102 cm³/mol. The summed E-state index contributed by atoms with van der Waals surface area (Å²) in [6, 6.07) is 6.77. The fourth-order valence-corrected chi connectivity index (χ4v) is 2.56. The minimum Gasteiger partial charge on any atom is -0.356 e. The van der Waals surface area contributed by atoms with Crippen LogP contribution in [-0.2, 0) is 13.6 Å². The zero-order valence-corrected chi connectivity index (χ0v) is 16.1. The molecule has 23 heavy (non-hydrogen) atoms. The van der Waals surface area contributed by atoms with E-state index in [9.17, 15) is 4.39 Å². The number of nitrogens with zero attached hydrogens (tertiary/aromatic N) is 4. The van der Waals surface area contributed by atoms with Gasteiger partial charge in [0.25, 0.3) is 0 Å². The first kappa shape index (κ1) is 19.7. The quantitative estimate of drug-likeness (QED) is 0.232. The van der Waals surface area contributed by atoms with E-state index in [0.717, 1.165) is 11.6 Å². The molecule has 0 aliphatic carbocycles. The predicted octanol–water partition coefficient (Wildman–Crippen LogP) is 2.03. The topological polar surface area (TPSA) is 67.1 Å². The van der Waals surface area contributed by atoms with Crippen LogP contribution in [0.2, 0.25) is 0 Å². The molecule has 0 unspecified atom stereocenters. The van der Waals surface area contributed by atoms with Gasteiger partial charge in [-0.2, -0.15) is 5.10 Å². The summed E-state index contributed by atoms with van der Waals surface area (Å²) in [6.07, 6.45) is 1.51. The summed E-state index contributed by atoms with van der Waals surface area (Å²) >= 11 is 1.47. The van der Waals surface area contributed by atoms with Gasteiger partial charge in [0.15, 0.2) is 5.96 Å². The average Bonchev–Trinajstić information content (AvgIpc) is 2.93. The molecule has 6 nitrogen and oxygen atoms in total. The fourth-order valence-electron chi connectivity index (χ4n) is 1.76. The van der Waals surface area contributed by atoms with Crippen LogP contribution in [0.4, 0.5) is 4.39 Å². The summed E-state index contributed by atoms with van der Waals surface area (Å²) in [4.78, 5) is 8.92. The Morgan fingerprint density at radius 2 is 2.13 bits per heavy atom. The molecule has 126 valence electrons. The van der Waals surface area contributed by atoms with Crippen LogP contribution in [0.1, 0.15) is 5.82 Å². The number of aryl methyl sites for hydroxylation is 1. The van der Waals surface area contributed by atoms with Gasteiger partial charge in [-0.3, -0.25) is 9.67 Å². The molecule has 2 N–H and O–H groups in total. The number of aliphatic imine (C=N–C) groups is 1. The number of hydrogen-bond donors (Lipinski definition) is 2. The van der Waals surface area contributed by atoms with Gasteiger partial charge in [0.05, 0.1) is 6.54 Å². The van der Waals surface area contributed by atoms with Crippen LogP contribution >= 0.6 is 35.7 Å². The monoisotopic (exact) mass is 450 g/mol. The van der Waals surface area contributed by atoms with E-state index in [1.54, 1.807) is 23.9 Å². The smallest absolute Gasteiger partial charge is 0.191 e. The van der Waals surface area contributed by atoms with E-state index in [4.69, 9.17) is 0 Å². The number of nitrogens with one attached hydrogen (secondary N) is 2. The molecule has 0 fully saturated rings. The van der Waals surface area contributed by atoms with Gasteiger partial charge in [0.1, 0.15) is 18.0 Å². The molecule has 1 aromatic carbocycles. The van der Waals surface area contributed by atoms with Crippen molar-refractivity contribution < 1.29 is 4.39 Å². The molecule has 0 aliphatic rings. The molecule has 0 bridgehead atoms. The Morgan fingerprint density at radius 1 is 1.35 bits per heavy atom. The first-order valence-corrected chi connectivity index (χ1v) is 7.84. The number of rotatable bonds is 6. The van der Waals surface area contributed by atoms with E-state index in [2.05, 4.69) is 25.7 Å². The third kappa shape index (κ3) is 6.34. The molecule has 0 atom stereocenters. The number of hydrogen-bond acceptors (Lipinski definition) is 4. The molecule has 0 spiro atoms. The Kier molecular flexibility index (Phi) is 8.92. The second kappa shape index (κ2) is 10.4. The van der Waals surface area contributed by atoms with Gasteiger partial charge in [-0.25, -0.2) is 9.37 Å². The second-order valence-corrected chi connectivity index (χ2v) is 5.57. The van der Waals surface area contributed by atoms with Gasteiger partial charge in [-0.15, -0.1) is 35.7 Å². The van der Waals surface area contributed by atoms with Crippen molar-refractivity contribution in [3.8, 4) is 0 Å². The van der Waals surface area contributed by atoms with Crippen molar-refractivity contribution in [1.82, 2.24) is 25.4 Å². The third-order valence-corrected chi connectivity index (χ3v) is 3.98. The molecule has 2 rings (SSSR count). The van der Waals surface area contributed by atoms with Gasteiger partial charge < -0.3 is 10.6 Å². The Morgan fingerprint density at radius 3 is 2.78 bits per heavy atom. The van der Waals surface area contributed by atoms with E-state index in [1.165, 1.54) is 24.2 Å². The number of aromatic nitrogens is 3. The Balaban J connectivity index is 0.00000264. The highest BCUT2D eigenvalue weighted by molar-refractivity contribution is 14.0. The Bertz CT molecular complexity index is 633. The maximum Gasteiger partial charge on any atom is 0.191 e. The highest BCUT2D eigenvalue weighted by Crippen LogP contribution is 2.20. The van der Waals surface area contributed by atoms with Gasteiger partial charge in [0, 0.05) is 31.3 Å². The van der Waals surface area contributed by atoms with Crippen LogP contribution in [0.5, 0.6) is 0 Å². The highest BCUT2D eigenvalue weighted by atomic mass is 127. The average molecular weight is 450 g/mol. The van der Waals surface area contributed by atoms with Crippen LogP contribution in [0.3, 0.4) is 0 Å². The lowest BCUT2D eigenvalue weighted by molar-refractivity contribution is 0.602. The number of thioether (sulfide) groups is 1. The van der Waals surface area contributed by atoms with Crippen molar-refractivity contribution >= 4 is 41.7 Å². The maximum absolute atomic E-state index is 13.5. The summed E-state index contributed by atoms with van der Waals surface area (Å²) in [5, 5.41) is 10.3. The van der Waals surface area contributed by atoms with Gasteiger partial charge in [0.2, 0.25) is 0 Å². The van der Waals surface area contributed by atoms with E-state index in [1.807, 2.05) is 13.1 Å². The molecule has 0 saturated carbocycles. The standard InChI is InChI=1S/C14H19FN6S.HI/c1-16-14(18-9-13-19-10-20-21(13)2)17-7-8-22-12-6-4-3-5-11(12)15;/h3-6,10H,7-9H2,1-2H3,(H2,16,17,18);1H. The van der Waals surface area contributed by atoms with Gasteiger partial charge in [-0.05, 0) is 12.1 Å². The van der Waals surface area contributed by atoms with Crippen molar-refractivity contribution in [1.29, 1.82) is 0 Å². The molecular weight excluding hydrogens is 430 g/mol. The third-order valence-electron chi connectivity index (χ3n) is 2.93. The molecule has 1 aromatic heterocycles. The highest BCUT2D eigenvalue weighted by Gasteiger charge is 2.03. The van der Waals surface area contributed by atoms with Crippen LogP contribution < -0.4 is 10.6 Å². The lowest BCUT2D eigenvalue weighted by Gasteiger charge is -2.11. The van der Waals surface area contributed by atoms with Gasteiger partial charge >= 0.3 is 0 Å². The van der Waals surface area contributed by atoms with Gasteiger partial charge in [-0.1, -0.05) is 12.1 Å². The largest absolute Gasteiger partial charge is 0.356 e. The Labute approximate surface area is 156 Å². The maximum atomic E-state index is 13.5. The first-order valence-electron chi connectivity index (χ1n) is 6.85. The normalized spacial score (nSPS) is 11.0. The summed E-state index contributed by atoms with van der Waals surface area (Å²) in [6.45, 7) is 1.22. The zero-order valence-electron chi connectivity index (χ0n) is 13.0. The SMILES string of the molecule is CN=C(NCCSc1ccccc1F)NCc1ncnn1C.I. The van der Waals surface area contributed by atoms with E-state index in [0.29, 0.717) is 23.9 Å².